The molecule has 0 aliphatic heterocycles. The molecule has 0 unspecified atom stereocenters. The van der Waals surface area contributed by atoms with Gasteiger partial charge in [0.25, 0.3) is 0 Å². The molecule has 0 fully saturated rings. The van der Waals surface area contributed by atoms with Gasteiger partial charge in [0, 0.05) is 34.9 Å². The van der Waals surface area contributed by atoms with Crippen LogP contribution in [-0.4, -0.2) is 21.5 Å². The van der Waals surface area contributed by atoms with Crippen LogP contribution in [0.3, 0.4) is 0 Å². The van der Waals surface area contributed by atoms with Crippen LogP contribution in [0.15, 0.2) is 65.7 Å². The quantitative estimate of drug-likeness (QED) is 0.560. The van der Waals surface area contributed by atoms with Crippen molar-refractivity contribution in [1.29, 1.82) is 0 Å². The smallest absolute Gasteiger partial charge is 0.325 e. The van der Waals surface area contributed by atoms with Gasteiger partial charge < -0.3 is 16.0 Å². The Bertz CT molecular complexity index is 1190. The Hall–Kier alpha value is -3.94. The molecule has 3 aromatic rings. The lowest BCUT2D eigenvalue weighted by molar-refractivity contribution is -0.123. The summed E-state index contributed by atoms with van der Waals surface area (Å²) in [6.45, 7) is 7.75. The average molecular weight is 434 g/mol. The Morgan fingerprint density at radius 2 is 1.69 bits per heavy atom. The Balaban J connectivity index is 1.67. The van der Waals surface area contributed by atoms with E-state index in [4.69, 9.17) is 0 Å². The lowest BCUT2D eigenvalue weighted by Crippen LogP contribution is -2.28. The average Bonchev–Trinajstić information content (AvgIpc) is 2.71. The molecule has 0 saturated heterocycles. The number of nitrogens with zero attached hydrogens (tertiary/aromatic N) is 2. The van der Waals surface area contributed by atoms with Gasteiger partial charge in [-0.1, -0.05) is 39.0 Å². The predicted octanol–water partition coefficient (Wildman–Crippen LogP) is 4.23. The molecule has 0 aliphatic carbocycles. The van der Waals surface area contributed by atoms with Crippen LogP contribution in [0.2, 0.25) is 0 Å². The van der Waals surface area contributed by atoms with E-state index in [1.54, 1.807) is 42.6 Å². The van der Waals surface area contributed by atoms with E-state index in [1.165, 1.54) is 10.8 Å². The van der Waals surface area contributed by atoms with Crippen molar-refractivity contribution in [2.75, 3.05) is 16.0 Å². The minimum atomic E-state index is -0.529. The third kappa shape index (κ3) is 6.04. The molecule has 3 amide bonds. The van der Waals surface area contributed by atoms with Crippen molar-refractivity contribution in [3.8, 4) is 0 Å². The number of benzene rings is 2. The van der Waals surface area contributed by atoms with Crippen molar-refractivity contribution in [3.63, 3.8) is 0 Å². The topological polar surface area (TPSA) is 105 Å². The van der Waals surface area contributed by atoms with E-state index in [1.807, 2.05) is 39.8 Å². The molecule has 0 saturated carbocycles. The van der Waals surface area contributed by atoms with Crippen LogP contribution < -0.4 is 21.6 Å². The van der Waals surface area contributed by atoms with Crippen LogP contribution >= 0.6 is 0 Å². The highest BCUT2D eigenvalue weighted by Gasteiger charge is 2.21. The number of aryl methyl sites for hydroxylation is 1. The van der Waals surface area contributed by atoms with Crippen LogP contribution in [0.5, 0.6) is 0 Å². The monoisotopic (exact) mass is 433 g/mol. The molecule has 3 rings (SSSR count). The van der Waals surface area contributed by atoms with Gasteiger partial charge in [0.05, 0.1) is 6.54 Å². The number of carbonyl (C=O) groups is 2. The lowest BCUT2D eigenvalue weighted by Gasteiger charge is -2.19. The van der Waals surface area contributed by atoms with Gasteiger partial charge in [0.1, 0.15) is 0 Å². The molecule has 0 atom stereocenters. The molecule has 0 aliphatic rings. The van der Waals surface area contributed by atoms with Gasteiger partial charge in [-0.25, -0.2) is 14.6 Å². The van der Waals surface area contributed by atoms with Gasteiger partial charge in [-0.3, -0.25) is 9.36 Å². The van der Waals surface area contributed by atoms with Gasteiger partial charge in [-0.15, -0.1) is 0 Å². The number of rotatable bonds is 5. The Morgan fingerprint density at radius 1 is 0.969 bits per heavy atom. The van der Waals surface area contributed by atoms with Crippen LogP contribution in [0.1, 0.15) is 31.9 Å². The van der Waals surface area contributed by atoms with Gasteiger partial charge in [0.15, 0.2) is 0 Å². The predicted molar refractivity (Wildman–Crippen MR) is 126 cm³/mol. The molecule has 1 heterocycles. The third-order valence-corrected chi connectivity index (χ3v) is 4.75. The van der Waals surface area contributed by atoms with Crippen molar-refractivity contribution in [3.05, 3.63) is 82.5 Å². The highest BCUT2D eigenvalue weighted by molar-refractivity contribution is 6.01. The van der Waals surface area contributed by atoms with Gasteiger partial charge >= 0.3 is 11.7 Å². The number of nitrogens with one attached hydrogen (secondary N) is 3. The van der Waals surface area contributed by atoms with Crippen LogP contribution in [0.25, 0.3) is 0 Å². The normalized spacial score (nSPS) is 11.0. The minimum Gasteiger partial charge on any atom is -0.325 e. The van der Waals surface area contributed by atoms with Crippen molar-refractivity contribution in [2.45, 2.75) is 34.2 Å². The summed E-state index contributed by atoms with van der Waals surface area (Å²) in [7, 11) is 0. The molecule has 8 nitrogen and oxygen atoms in total. The van der Waals surface area contributed by atoms with Crippen molar-refractivity contribution in [2.24, 2.45) is 5.41 Å². The van der Waals surface area contributed by atoms with E-state index in [-0.39, 0.29) is 11.6 Å². The van der Waals surface area contributed by atoms with Crippen molar-refractivity contribution in [1.82, 2.24) is 9.55 Å². The third-order valence-electron chi connectivity index (χ3n) is 4.75. The van der Waals surface area contributed by atoms with Gasteiger partial charge in [-0.2, -0.15) is 0 Å². The summed E-state index contributed by atoms with van der Waals surface area (Å²) in [5, 5.41) is 8.48. The first-order chi connectivity index (χ1) is 15.1. The van der Waals surface area contributed by atoms with Crippen molar-refractivity contribution >= 4 is 29.0 Å². The molecule has 1 aromatic heterocycles. The second-order valence-corrected chi connectivity index (χ2v) is 8.54. The number of aromatic nitrogens is 2. The van der Waals surface area contributed by atoms with E-state index in [2.05, 4.69) is 20.9 Å². The highest BCUT2D eigenvalue weighted by Crippen LogP contribution is 2.24. The fourth-order valence-electron chi connectivity index (χ4n) is 2.89. The molecule has 0 radical (unpaired) electrons. The molecular formula is C24H27N5O3. The lowest BCUT2D eigenvalue weighted by atomic mass is 9.95. The number of urea groups is 1. The molecule has 3 N–H and O–H groups in total. The van der Waals surface area contributed by atoms with E-state index in [0.717, 1.165) is 11.1 Å². The summed E-state index contributed by atoms with van der Waals surface area (Å²) in [5.41, 5.74) is 2.66. The number of anilines is 3. The maximum atomic E-state index is 12.5. The Labute approximate surface area is 186 Å². The van der Waals surface area contributed by atoms with Crippen molar-refractivity contribution < 1.29 is 9.59 Å². The maximum Gasteiger partial charge on any atom is 0.347 e. The fraction of sp³-hybridized carbons (Fsp3) is 0.250. The first-order valence-electron chi connectivity index (χ1n) is 10.2. The molecular weight excluding hydrogens is 406 g/mol. The first kappa shape index (κ1) is 22.7. The number of amides is 3. The van der Waals surface area contributed by atoms with Gasteiger partial charge in [0.2, 0.25) is 5.91 Å². The van der Waals surface area contributed by atoms with Crippen LogP contribution in [-0.2, 0) is 11.3 Å². The number of hydrogen-bond acceptors (Lipinski definition) is 4. The van der Waals surface area contributed by atoms with E-state index < -0.39 is 11.4 Å². The first-order valence-corrected chi connectivity index (χ1v) is 10.2. The summed E-state index contributed by atoms with van der Waals surface area (Å²) in [6.07, 6.45) is 3.11. The summed E-state index contributed by atoms with van der Waals surface area (Å²) in [6, 6.07) is 13.8. The molecule has 2 aromatic carbocycles. The molecule has 166 valence electrons. The van der Waals surface area contributed by atoms with Crippen LogP contribution in [0.4, 0.5) is 21.9 Å². The Kier molecular flexibility index (Phi) is 6.73. The van der Waals surface area contributed by atoms with E-state index in [9.17, 15) is 14.4 Å². The highest BCUT2D eigenvalue weighted by atomic mass is 16.2. The molecule has 0 bridgehead atoms. The van der Waals surface area contributed by atoms with Gasteiger partial charge in [-0.05, 0) is 48.4 Å². The molecule has 32 heavy (non-hydrogen) atoms. The van der Waals surface area contributed by atoms with Crippen LogP contribution in [0, 0.1) is 12.3 Å². The van der Waals surface area contributed by atoms with E-state index in [0.29, 0.717) is 23.6 Å². The zero-order chi connectivity index (χ0) is 23.3. The maximum absolute atomic E-state index is 12.5. The Morgan fingerprint density at radius 3 is 2.38 bits per heavy atom. The molecule has 0 spiro atoms. The summed E-state index contributed by atoms with van der Waals surface area (Å²) in [5.74, 6) is -0.105. The summed E-state index contributed by atoms with van der Waals surface area (Å²) >= 11 is 0. The zero-order valence-corrected chi connectivity index (χ0v) is 18.6. The standard InChI is InChI=1S/C24H27N5O3/c1-16-9-10-19(14-20(16)28-21(30)24(2,3)4)27-22(31)26-18-8-5-7-17(13-18)15-29-12-6-11-25-23(29)32/h5-14H,15H2,1-4H3,(H,28,30)(H2,26,27,31). The van der Waals surface area contributed by atoms with E-state index >= 15 is 0 Å². The second kappa shape index (κ2) is 9.47. The molecule has 8 heteroatoms. The fourth-order valence-corrected chi connectivity index (χ4v) is 2.89. The SMILES string of the molecule is Cc1ccc(NC(=O)Nc2cccc(Cn3cccnc3=O)c2)cc1NC(=O)C(C)(C)C. The zero-order valence-electron chi connectivity index (χ0n) is 18.6. The summed E-state index contributed by atoms with van der Waals surface area (Å²) in [4.78, 5) is 40.4. The summed E-state index contributed by atoms with van der Waals surface area (Å²) < 4.78 is 1.49. The number of hydrogen-bond donors (Lipinski definition) is 3. The minimum absolute atomic E-state index is 0.105. The second-order valence-electron chi connectivity index (χ2n) is 8.54. The number of carbonyl (C=O) groups excluding carboxylic acids is 2. The largest absolute Gasteiger partial charge is 0.347 e.